The normalized spacial score (nSPS) is 29.4. The van der Waals surface area contributed by atoms with E-state index in [-0.39, 0.29) is 12.6 Å². The van der Waals surface area contributed by atoms with Crippen LogP contribution in [0, 0.1) is 5.92 Å². The minimum atomic E-state index is -0.199. The molecule has 0 saturated carbocycles. The highest BCUT2D eigenvalue weighted by molar-refractivity contribution is 7.10. The summed E-state index contributed by atoms with van der Waals surface area (Å²) >= 11 is 1.73. The van der Waals surface area contributed by atoms with E-state index in [0.717, 1.165) is 13.1 Å². The molecule has 1 aromatic rings. The zero-order chi connectivity index (χ0) is 8.39. The molecule has 1 aromatic heterocycles. The first-order chi connectivity index (χ1) is 5.92. The van der Waals surface area contributed by atoms with Gasteiger partial charge in [0.05, 0.1) is 6.67 Å². The maximum atomic E-state index is 12.5. The zero-order valence-electron chi connectivity index (χ0n) is 6.79. The second-order valence-electron chi connectivity index (χ2n) is 3.19. The van der Waals surface area contributed by atoms with E-state index in [1.54, 1.807) is 11.3 Å². The third-order valence-electron chi connectivity index (χ3n) is 2.45. The molecule has 1 fully saturated rings. The van der Waals surface area contributed by atoms with Crippen molar-refractivity contribution in [3.8, 4) is 0 Å². The number of alkyl halides is 1. The Kier molecular flexibility index (Phi) is 2.42. The van der Waals surface area contributed by atoms with Gasteiger partial charge in [0.1, 0.15) is 0 Å². The fourth-order valence-corrected chi connectivity index (χ4v) is 2.65. The Hall–Kier alpha value is -0.410. The van der Waals surface area contributed by atoms with Crippen LogP contribution >= 0.6 is 11.3 Å². The van der Waals surface area contributed by atoms with Crippen LogP contribution in [0.4, 0.5) is 4.39 Å². The Morgan fingerprint density at radius 2 is 2.50 bits per heavy atom. The summed E-state index contributed by atoms with van der Waals surface area (Å²) in [5.74, 6) is 0.610. The summed E-state index contributed by atoms with van der Waals surface area (Å²) in [6, 6.07) is 4.14. The van der Waals surface area contributed by atoms with Crippen LogP contribution in [-0.2, 0) is 0 Å². The molecule has 2 unspecified atom stereocenters. The van der Waals surface area contributed by atoms with Crippen LogP contribution in [0.2, 0.25) is 0 Å². The number of thiophene rings is 1. The first-order valence-electron chi connectivity index (χ1n) is 4.22. The lowest BCUT2D eigenvalue weighted by molar-refractivity contribution is 0.360. The fourth-order valence-electron chi connectivity index (χ4n) is 1.73. The molecule has 0 spiro atoms. The molecule has 66 valence electrons. The molecule has 2 heterocycles. The molecule has 0 radical (unpaired) electrons. The molecule has 1 N–H and O–H groups in total. The van der Waals surface area contributed by atoms with E-state index < -0.39 is 0 Å². The topological polar surface area (TPSA) is 12.0 Å². The molecular formula is C9H12FNS. The lowest BCUT2D eigenvalue weighted by atomic mass is 9.96. The number of hydrogen-bond donors (Lipinski definition) is 1. The SMILES string of the molecule is FCC1CNCC1c1cccs1. The van der Waals surface area contributed by atoms with Crippen molar-refractivity contribution in [3.63, 3.8) is 0 Å². The molecule has 12 heavy (non-hydrogen) atoms. The highest BCUT2D eigenvalue weighted by atomic mass is 32.1. The van der Waals surface area contributed by atoms with E-state index in [1.807, 2.05) is 6.07 Å². The number of rotatable bonds is 2. The van der Waals surface area contributed by atoms with Gasteiger partial charge < -0.3 is 5.32 Å². The van der Waals surface area contributed by atoms with Crippen molar-refractivity contribution in [1.82, 2.24) is 5.32 Å². The molecule has 1 saturated heterocycles. The lowest BCUT2D eigenvalue weighted by Crippen LogP contribution is -2.11. The minimum absolute atomic E-state index is 0.198. The van der Waals surface area contributed by atoms with Gasteiger partial charge in [-0.2, -0.15) is 0 Å². The summed E-state index contributed by atoms with van der Waals surface area (Å²) in [4.78, 5) is 1.32. The fraction of sp³-hybridized carbons (Fsp3) is 0.556. The second kappa shape index (κ2) is 3.54. The average Bonchev–Trinajstić information content (AvgIpc) is 2.74. The lowest BCUT2D eigenvalue weighted by Gasteiger charge is -2.12. The highest BCUT2D eigenvalue weighted by Crippen LogP contribution is 2.31. The largest absolute Gasteiger partial charge is 0.316 e. The molecule has 0 amide bonds. The Bertz CT molecular complexity index is 235. The third kappa shape index (κ3) is 1.39. The van der Waals surface area contributed by atoms with E-state index in [0.29, 0.717) is 5.92 Å². The van der Waals surface area contributed by atoms with Crippen molar-refractivity contribution in [2.75, 3.05) is 19.8 Å². The standard InChI is InChI=1S/C9H12FNS/c10-4-7-5-11-6-8(7)9-2-1-3-12-9/h1-3,7-8,11H,4-6H2. The summed E-state index contributed by atoms with van der Waals surface area (Å²) in [5, 5.41) is 5.29. The van der Waals surface area contributed by atoms with Gasteiger partial charge in [-0.3, -0.25) is 4.39 Å². The van der Waals surface area contributed by atoms with Gasteiger partial charge in [0.25, 0.3) is 0 Å². The Morgan fingerprint density at radius 1 is 1.58 bits per heavy atom. The van der Waals surface area contributed by atoms with Gasteiger partial charge in [-0.25, -0.2) is 0 Å². The van der Waals surface area contributed by atoms with Crippen molar-refractivity contribution in [3.05, 3.63) is 22.4 Å². The molecule has 3 heteroatoms. The summed E-state index contributed by atoms with van der Waals surface area (Å²) in [7, 11) is 0. The van der Waals surface area contributed by atoms with Gasteiger partial charge in [-0.15, -0.1) is 11.3 Å². The molecular weight excluding hydrogens is 173 g/mol. The molecule has 0 bridgehead atoms. The number of hydrogen-bond acceptors (Lipinski definition) is 2. The predicted molar refractivity (Wildman–Crippen MR) is 49.4 cm³/mol. The maximum Gasteiger partial charge on any atom is 0.0941 e. The molecule has 0 aromatic carbocycles. The average molecular weight is 185 g/mol. The Labute approximate surface area is 75.6 Å². The molecule has 2 rings (SSSR count). The Morgan fingerprint density at radius 3 is 3.17 bits per heavy atom. The molecule has 1 aliphatic heterocycles. The van der Waals surface area contributed by atoms with Gasteiger partial charge in [0, 0.05) is 29.8 Å². The first kappa shape index (κ1) is 8.20. The minimum Gasteiger partial charge on any atom is -0.316 e. The first-order valence-corrected chi connectivity index (χ1v) is 5.10. The van der Waals surface area contributed by atoms with Gasteiger partial charge in [-0.05, 0) is 11.4 Å². The summed E-state index contributed by atoms with van der Waals surface area (Å²) < 4.78 is 12.5. The van der Waals surface area contributed by atoms with Crippen molar-refractivity contribution in [1.29, 1.82) is 0 Å². The van der Waals surface area contributed by atoms with Crippen LogP contribution in [0.25, 0.3) is 0 Å². The smallest absolute Gasteiger partial charge is 0.0941 e. The summed E-state index contributed by atoms with van der Waals surface area (Å²) in [6.07, 6.45) is 0. The second-order valence-corrected chi connectivity index (χ2v) is 4.17. The van der Waals surface area contributed by atoms with Crippen molar-refractivity contribution in [2.45, 2.75) is 5.92 Å². The van der Waals surface area contributed by atoms with Gasteiger partial charge in [0.2, 0.25) is 0 Å². The van der Waals surface area contributed by atoms with Gasteiger partial charge in [0.15, 0.2) is 0 Å². The van der Waals surface area contributed by atoms with E-state index >= 15 is 0 Å². The van der Waals surface area contributed by atoms with Crippen molar-refractivity contribution < 1.29 is 4.39 Å². The quantitative estimate of drug-likeness (QED) is 0.743. The van der Waals surface area contributed by atoms with E-state index in [1.165, 1.54) is 4.88 Å². The summed E-state index contributed by atoms with van der Waals surface area (Å²) in [5.41, 5.74) is 0. The van der Waals surface area contributed by atoms with Gasteiger partial charge in [-0.1, -0.05) is 6.07 Å². The number of nitrogens with one attached hydrogen (secondary N) is 1. The molecule has 1 aliphatic rings. The van der Waals surface area contributed by atoms with Crippen LogP contribution in [0.3, 0.4) is 0 Å². The number of halogens is 1. The van der Waals surface area contributed by atoms with Crippen LogP contribution in [0.5, 0.6) is 0 Å². The zero-order valence-corrected chi connectivity index (χ0v) is 7.61. The maximum absolute atomic E-state index is 12.5. The van der Waals surface area contributed by atoms with Crippen LogP contribution in [-0.4, -0.2) is 19.8 Å². The van der Waals surface area contributed by atoms with Crippen molar-refractivity contribution in [2.24, 2.45) is 5.92 Å². The Balaban J connectivity index is 2.13. The van der Waals surface area contributed by atoms with Crippen LogP contribution < -0.4 is 5.32 Å². The van der Waals surface area contributed by atoms with E-state index in [2.05, 4.69) is 16.8 Å². The monoisotopic (exact) mass is 185 g/mol. The molecule has 0 aliphatic carbocycles. The van der Waals surface area contributed by atoms with Crippen LogP contribution in [0.1, 0.15) is 10.8 Å². The van der Waals surface area contributed by atoms with E-state index in [4.69, 9.17) is 0 Å². The molecule has 1 nitrogen and oxygen atoms in total. The molecule has 2 atom stereocenters. The highest BCUT2D eigenvalue weighted by Gasteiger charge is 2.28. The van der Waals surface area contributed by atoms with E-state index in [9.17, 15) is 4.39 Å². The van der Waals surface area contributed by atoms with Gasteiger partial charge >= 0.3 is 0 Å². The summed E-state index contributed by atoms with van der Waals surface area (Å²) in [6.45, 7) is 1.57. The third-order valence-corrected chi connectivity index (χ3v) is 3.45. The van der Waals surface area contributed by atoms with Crippen LogP contribution in [0.15, 0.2) is 17.5 Å². The van der Waals surface area contributed by atoms with Crippen molar-refractivity contribution >= 4 is 11.3 Å². The predicted octanol–water partition coefficient (Wildman–Crippen LogP) is 2.02.